The van der Waals surface area contributed by atoms with Crippen LogP contribution in [-0.4, -0.2) is 0 Å². The molecule has 8 aromatic carbocycles. The molecule has 10 rings (SSSR count). The van der Waals surface area contributed by atoms with E-state index in [0.29, 0.717) is 0 Å². The van der Waals surface area contributed by atoms with Crippen LogP contribution >= 0.6 is 11.8 Å². The van der Waals surface area contributed by atoms with Crippen LogP contribution in [-0.2, 0) is 5.41 Å². The van der Waals surface area contributed by atoms with Crippen LogP contribution in [0.15, 0.2) is 192 Å². The van der Waals surface area contributed by atoms with Gasteiger partial charge in [0.1, 0.15) is 0 Å². The third-order valence-corrected chi connectivity index (χ3v) is 11.5. The molecular weight excluding hydrogens is 597 g/mol. The Labute approximate surface area is 285 Å². The van der Waals surface area contributed by atoms with Crippen LogP contribution in [0.2, 0.25) is 0 Å². The average molecular weight is 627 g/mol. The fourth-order valence-electron chi connectivity index (χ4n) is 8.33. The minimum Gasteiger partial charge on any atom is -0.0888 e. The molecular formula is C47H30S. The molecule has 8 aromatic rings. The lowest BCUT2D eigenvalue weighted by atomic mass is 9.67. The minimum absolute atomic E-state index is 0.422. The Morgan fingerprint density at radius 3 is 1.62 bits per heavy atom. The van der Waals surface area contributed by atoms with Gasteiger partial charge in [-0.3, -0.25) is 0 Å². The van der Waals surface area contributed by atoms with Gasteiger partial charge in [-0.2, -0.15) is 0 Å². The summed E-state index contributed by atoms with van der Waals surface area (Å²) in [5.41, 5.74) is 15.0. The molecule has 0 radical (unpaired) electrons. The van der Waals surface area contributed by atoms with Crippen molar-refractivity contribution in [2.75, 3.05) is 0 Å². The molecule has 48 heavy (non-hydrogen) atoms. The van der Waals surface area contributed by atoms with Crippen LogP contribution < -0.4 is 0 Å². The Balaban J connectivity index is 1.18. The van der Waals surface area contributed by atoms with Crippen molar-refractivity contribution in [2.24, 2.45) is 0 Å². The molecule has 0 fully saturated rings. The second kappa shape index (κ2) is 10.7. The fourth-order valence-corrected chi connectivity index (χ4v) is 9.46. The molecule has 0 unspecified atom stereocenters. The van der Waals surface area contributed by atoms with Gasteiger partial charge in [0.15, 0.2) is 0 Å². The first-order valence-corrected chi connectivity index (χ1v) is 17.4. The summed E-state index contributed by atoms with van der Waals surface area (Å²) in [5, 5.41) is 2.66. The number of hydrogen-bond donors (Lipinski definition) is 0. The highest BCUT2D eigenvalue weighted by atomic mass is 32.2. The summed E-state index contributed by atoms with van der Waals surface area (Å²) < 4.78 is 0. The van der Waals surface area contributed by atoms with E-state index in [1.54, 1.807) is 0 Å². The van der Waals surface area contributed by atoms with Gasteiger partial charge in [0, 0.05) is 15.2 Å². The lowest BCUT2D eigenvalue weighted by Gasteiger charge is -2.34. The lowest BCUT2D eigenvalue weighted by Crippen LogP contribution is -2.28. The lowest BCUT2D eigenvalue weighted by molar-refractivity contribution is 0.769. The van der Waals surface area contributed by atoms with E-state index in [2.05, 4.69) is 182 Å². The van der Waals surface area contributed by atoms with Crippen molar-refractivity contribution in [1.82, 2.24) is 0 Å². The Bertz CT molecular complexity index is 2480. The molecule has 2 aliphatic rings. The van der Waals surface area contributed by atoms with Gasteiger partial charge in [0.25, 0.3) is 0 Å². The molecule has 0 N–H and O–H groups in total. The normalized spacial score (nSPS) is 13.5. The van der Waals surface area contributed by atoms with E-state index in [1.165, 1.54) is 87.3 Å². The maximum Gasteiger partial charge on any atom is 0.0713 e. The highest BCUT2D eigenvalue weighted by molar-refractivity contribution is 7.99. The highest BCUT2D eigenvalue weighted by Crippen LogP contribution is 2.57. The summed E-state index contributed by atoms with van der Waals surface area (Å²) in [6.07, 6.45) is 0. The largest absolute Gasteiger partial charge is 0.0888 e. The van der Waals surface area contributed by atoms with Gasteiger partial charge >= 0.3 is 0 Å². The molecule has 224 valence electrons. The van der Waals surface area contributed by atoms with Gasteiger partial charge in [0.05, 0.1) is 5.41 Å². The molecule has 1 aliphatic heterocycles. The fraction of sp³-hybridized carbons (Fsp3) is 0.0213. The van der Waals surface area contributed by atoms with Gasteiger partial charge in [-0.15, -0.1) is 0 Å². The van der Waals surface area contributed by atoms with Crippen molar-refractivity contribution in [3.8, 4) is 44.5 Å². The first-order valence-electron chi connectivity index (χ1n) is 16.6. The van der Waals surface area contributed by atoms with Gasteiger partial charge in [0.2, 0.25) is 0 Å². The molecule has 0 saturated heterocycles. The Morgan fingerprint density at radius 1 is 0.333 bits per heavy atom. The monoisotopic (exact) mass is 626 g/mol. The summed E-state index contributed by atoms with van der Waals surface area (Å²) in [7, 11) is 0. The molecule has 0 nitrogen and oxygen atoms in total. The van der Waals surface area contributed by atoms with Gasteiger partial charge in [-0.1, -0.05) is 169 Å². The predicted octanol–water partition coefficient (Wildman–Crippen LogP) is 12.7. The first kappa shape index (κ1) is 27.5. The van der Waals surface area contributed by atoms with Crippen molar-refractivity contribution < 1.29 is 0 Å². The summed E-state index contributed by atoms with van der Waals surface area (Å²) in [5.74, 6) is 0. The number of hydrogen-bond acceptors (Lipinski definition) is 1. The van der Waals surface area contributed by atoms with E-state index in [1.807, 2.05) is 11.8 Å². The quantitative estimate of drug-likeness (QED) is 0.187. The average Bonchev–Trinajstić information content (AvgIpc) is 3.46. The molecule has 0 bridgehead atoms. The zero-order valence-corrected chi connectivity index (χ0v) is 27.0. The molecule has 1 heterocycles. The number of fused-ring (bicyclic) bond motifs is 5. The van der Waals surface area contributed by atoms with Gasteiger partial charge < -0.3 is 0 Å². The zero-order chi connectivity index (χ0) is 31.7. The van der Waals surface area contributed by atoms with Crippen LogP contribution in [0.4, 0.5) is 0 Å². The smallest absolute Gasteiger partial charge is 0.0713 e. The van der Waals surface area contributed by atoms with E-state index in [0.717, 1.165) is 0 Å². The van der Waals surface area contributed by atoms with Crippen LogP contribution in [0.1, 0.15) is 22.3 Å². The van der Waals surface area contributed by atoms with E-state index < -0.39 is 5.41 Å². The Morgan fingerprint density at radius 2 is 0.896 bits per heavy atom. The summed E-state index contributed by atoms with van der Waals surface area (Å²) >= 11 is 1.88. The first-order chi connectivity index (χ1) is 23.8. The van der Waals surface area contributed by atoms with Crippen LogP contribution in [0.3, 0.4) is 0 Å². The summed E-state index contributed by atoms with van der Waals surface area (Å²) in [4.78, 5) is 2.65. The minimum atomic E-state index is -0.422. The number of benzene rings is 8. The van der Waals surface area contributed by atoms with E-state index in [-0.39, 0.29) is 0 Å². The second-order valence-electron chi connectivity index (χ2n) is 12.8. The molecule has 0 spiro atoms. The van der Waals surface area contributed by atoms with E-state index in [9.17, 15) is 0 Å². The predicted molar refractivity (Wildman–Crippen MR) is 202 cm³/mol. The van der Waals surface area contributed by atoms with Crippen LogP contribution in [0.25, 0.3) is 55.3 Å². The standard InChI is InChI=1S/C47H30S/c1-3-15-34(16-4-1)47(35-17-5-2-6-18-35)42-23-10-9-21-38(42)39-27-25-33(30-43(39)47)37-20-8-7-19-36(37)32-26-28-44-41(29-32)40-22-11-13-31-14-12-24-45(48-44)46(31)40/h1-30H. The highest BCUT2D eigenvalue weighted by Gasteiger charge is 2.46. The molecule has 0 atom stereocenters. The molecule has 0 aromatic heterocycles. The van der Waals surface area contributed by atoms with E-state index >= 15 is 0 Å². The summed E-state index contributed by atoms with van der Waals surface area (Å²) in [6, 6.07) is 67.5. The third-order valence-electron chi connectivity index (χ3n) is 10.4. The SMILES string of the molecule is c1ccc(C2(c3ccccc3)c3ccccc3-c3ccc(-c4ccccc4-c4ccc5c(c4)-c4cccc6cccc(c46)S5)cc32)cc1. The van der Waals surface area contributed by atoms with Crippen molar-refractivity contribution >= 4 is 22.5 Å². The topological polar surface area (TPSA) is 0 Å². The van der Waals surface area contributed by atoms with Crippen molar-refractivity contribution in [2.45, 2.75) is 15.2 Å². The molecule has 1 heteroatoms. The molecule has 0 amide bonds. The number of rotatable bonds is 4. The van der Waals surface area contributed by atoms with Gasteiger partial charge in [-0.05, 0) is 96.4 Å². The third kappa shape index (κ3) is 3.92. The van der Waals surface area contributed by atoms with Crippen molar-refractivity contribution in [1.29, 1.82) is 0 Å². The maximum absolute atomic E-state index is 2.47. The van der Waals surface area contributed by atoms with Crippen LogP contribution in [0, 0.1) is 0 Å². The van der Waals surface area contributed by atoms with Crippen LogP contribution in [0.5, 0.6) is 0 Å². The Kier molecular flexibility index (Phi) is 6.13. The van der Waals surface area contributed by atoms with Gasteiger partial charge in [-0.25, -0.2) is 0 Å². The second-order valence-corrected chi connectivity index (χ2v) is 13.9. The van der Waals surface area contributed by atoms with Crippen molar-refractivity contribution in [3.05, 3.63) is 204 Å². The van der Waals surface area contributed by atoms with Crippen molar-refractivity contribution in [3.63, 3.8) is 0 Å². The maximum atomic E-state index is 2.47. The molecule has 0 saturated carbocycles. The summed E-state index contributed by atoms with van der Waals surface area (Å²) in [6.45, 7) is 0. The van der Waals surface area contributed by atoms with E-state index in [4.69, 9.17) is 0 Å². The molecule has 1 aliphatic carbocycles. The zero-order valence-electron chi connectivity index (χ0n) is 26.2. The Hall–Kier alpha value is -5.63.